The van der Waals surface area contributed by atoms with E-state index in [0.717, 1.165) is 46.8 Å². The molecule has 2 aromatic carbocycles. The summed E-state index contributed by atoms with van der Waals surface area (Å²) in [6, 6.07) is 16.1. The van der Waals surface area contributed by atoms with E-state index in [1.165, 1.54) is 12.8 Å². The fourth-order valence-electron chi connectivity index (χ4n) is 3.03. The van der Waals surface area contributed by atoms with Crippen LogP contribution in [0.25, 0.3) is 0 Å². The number of unbranched alkanes of at least 4 members (excludes halogenated alkanes) is 2. The second-order valence-electron chi connectivity index (χ2n) is 6.86. The minimum Gasteiger partial charge on any atom is -0.251 e. The molecule has 0 radical (unpaired) electrons. The molecule has 0 bridgehead atoms. The Labute approximate surface area is 197 Å². The van der Waals surface area contributed by atoms with Gasteiger partial charge in [-0.2, -0.15) is 0 Å². The molecule has 31 heavy (non-hydrogen) atoms. The normalized spacial score (nSPS) is 11.2. The predicted octanol–water partition coefficient (Wildman–Crippen LogP) is 7.43. The van der Waals surface area contributed by atoms with Crippen molar-refractivity contribution in [3.8, 4) is 23.7 Å². The summed E-state index contributed by atoms with van der Waals surface area (Å²) in [6.07, 6.45) is 8.37. The van der Waals surface area contributed by atoms with Crippen LogP contribution >= 0.6 is 0 Å². The first-order valence-corrected chi connectivity index (χ1v) is 10.5. The van der Waals surface area contributed by atoms with Gasteiger partial charge in [0.15, 0.2) is 0 Å². The molecule has 0 aromatic heterocycles. The minimum absolute atomic E-state index is 0. The molecule has 0 heterocycles. The Balaban J connectivity index is 0.00000480. The maximum Gasteiger partial charge on any atom is 0.0848 e. The van der Waals surface area contributed by atoms with Gasteiger partial charge in [-0.05, 0) is 76.1 Å². The van der Waals surface area contributed by atoms with Crippen LogP contribution in [0.1, 0.15) is 64.5 Å². The van der Waals surface area contributed by atoms with E-state index in [4.69, 9.17) is 9.98 Å². The number of hydrogen-bond donors (Lipinski definition) is 0. The van der Waals surface area contributed by atoms with Crippen molar-refractivity contribution in [3.63, 3.8) is 0 Å². The van der Waals surface area contributed by atoms with Crippen LogP contribution in [-0.2, 0) is 16.5 Å². The molecule has 0 saturated carbocycles. The van der Waals surface area contributed by atoms with E-state index in [0.29, 0.717) is 0 Å². The molecule has 0 fully saturated rings. The smallest absolute Gasteiger partial charge is 0.0848 e. The SMILES string of the molecule is CC#Cc1cccc(/N=C(\C=C/C)C(/CCCCC)=N/c2cccc(C#CC)c2)c1.[Ni]. The maximum absolute atomic E-state index is 4.99. The third-order valence-corrected chi connectivity index (χ3v) is 4.38. The molecule has 162 valence electrons. The summed E-state index contributed by atoms with van der Waals surface area (Å²) in [4.78, 5) is 9.91. The Bertz CT molecular complexity index is 1050. The van der Waals surface area contributed by atoms with Gasteiger partial charge in [0.05, 0.1) is 22.8 Å². The van der Waals surface area contributed by atoms with E-state index < -0.39 is 0 Å². The first-order valence-electron chi connectivity index (χ1n) is 10.5. The van der Waals surface area contributed by atoms with E-state index in [1.807, 2.05) is 81.5 Å². The minimum atomic E-state index is 0. The number of rotatable bonds is 8. The zero-order valence-electron chi connectivity index (χ0n) is 18.8. The average Bonchev–Trinajstić information content (AvgIpc) is 2.74. The summed E-state index contributed by atoms with van der Waals surface area (Å²) in [7, 11) is 0. The molecule has 2 nitrogen and oxygen atoms in total. The summed E-state index contributed by atoms with van der Waals surface area (Å²) in [5, 5.41) is 0. The molecule has 2 aromatic rings. The number of aliphatic imine (C=N–C) groups is 2. The van der Waals surface area contributed by atoms with Crippen LogP contribution in [0, 0.1) is 23.7 Å². The van der Waals surface area contributed by atoms with Gasteiger partial charge in [-0.15, -0.1) is 11.8 Å². The van der Waals surface area contributed by atoms with Gasteiger partial charge in [0.2, 0.25) is 0 Å². The van der Waals surface area contributed by atoms with Crippen molar-refractivity contribution in [1.82, 2.24) is 0 Å². The molecule has 3 heteroatoms. The summed E-state index contributed by atoms with van der Waals surface area (Å²) >= 11 is 0. The number of nitrogens with zero attached hydrogens (tertiary/aromatic N) is 2. The Kier molecular flexibility index (Phi) is 12.7. The fourth-order valence-corrected chi connectivity index (χ4v) is 3.03. The Morgan fingerprint density at radius 1 is 0.871 bits per heavy atom. The second-order valence-corrected chi connectivity index (χ2v) is 6.86. The molecule has 0 aliphatic carbocycles. The molecule has 0 amide bonds. The Morgan fingerprint density at radius 2 is 1.45 bits per heavy atom. The quantitative estimate of drug-likeness (QED) is 0.172. The summed E-state index contributed by atoms with van der Waals surface area (Å²) in [6.45, 7) is 7.91. The first kappa shape index (κ1) is 26.2. The van der Waals surface area contributed by atoms with E-state index >= 15 is 0 Å². The van der Waals surface area contributed by atoms with Gasteiger partial charge in [0.25, 0.3) is 0 Å². The van der Waals surface area contributed by atoms with Gasteiger partial charge in [0, 0.05) is 27.6 Å². The van der Waals surface area contributed by atoms with Gasteiger partial charge in [-0.25, -0.2) is 4.99 Å². The fraction of sp³-hybridized carbons (Fsp3) is 0.286. The van der Waals surface area contributed by atoms with Gasteiger partial charge in [-0.1, -0.05) is 49.8 Å². The molecule has 0 aliphatic heterocycles. The molecular weight excluding hydrogens is 423 g/mol. The zero-order chi connectivity index (χ0) is 21.6. The van der Waals surface area contributed by atoms with E-state index in [9.17, 15) is 0 Å². The van der Waals surface area contributed by atoms with Crippen LogP contribution in [0.3, 0.4) is 0 Å². The van der Waals surface area contributed by atoms with Crippen LogP contribution in [0.15, 0.2) is 70.7 Å². The van der Waals surface area contributed by atoms with E-state index in [1.54, 1.807) is 0 Å². The van der Waals surface area contributed by atoms with Crippen LogP contribution in [0.4, 0.5) is 11.4 Å². The maximum atomic E-state index is 4.99. The van der Waals surface area contributed by atoms with Crippen molar-refractivity contribution in [2.45, 2.75) is 53.4 Å². The van der Waals surface area contributed by atoms with E-state index in [2.05, 4.69) is 30.6 Å². The molecule has 0 N–H and O–H groups in total. The molecular formula is C28H30N2Ni. The number of benzene rings is 2. The van der Waals surface area contributed by atoms with Crippen molar-refractivity contribution in [1.29, 1.82) is 0 Å². The van der Waals surface area contributed by atoms with Crippen molar-refractivity contribution in [2.24, 2.45) is 9.98 Å². The van der Waals surface area contributed by atoms with Gasteiger partial charge in [0.1, 0.15) is 0 Å². The van der Waals surface area contributed by atoms with E-state index in [-0.39, 0.29) is 16.5 Å². The third kappa shape index (κ3) is 9.21. The van der Waals surface area contributed by atoms with Crippen molar-refractivity contribution >= 4 is 22.8 Å². The zero-order valence-corrected chi connectivity index (χ0v) is 19.8. The van der Waals surface area contributed by atoms with Crippen LogP contribution in [-0.4, -0.2) is 11.4 Å². The van der Waals surface area contributed by atoms with Gasteiger partial charge >= 0.3 is 0 Å². The van der Waals surface area contributed by atoms with Crippen LogP contribution < -0.4 is 0 Å². The second kappa shape index (κ2) is 15.0. The third-order valence-electron chi connectivity index (χ3n) is 4.38. The largest absolute Gasteiger partial charge is 0.251 e. The number of allylic oxidation sites excluding steroid dienone is 2. The van der Waals surface area contributed by atoms with Gasteiger partial charge in [-0.3, -0.25) is 4.99 Å². The van der Waals surface area contributed by atoms with Crippen molar-refractivity contribution < 1.29 is 16.5 Å². The van der Waals surface area contributed by atoms with Gasteiger partial charge < -0.3 is 0 Å². The summed E-state index contributed by atoms with van der Waals surface area (Å²) < 4.78 is 0. The Hall–Kier alpha value is -2.87. The van der Waals surface area contributed by atoms with Crippen LogP contribution in [0.2, 0.25) is 0 Å². The molecule has 0 spiro atoms. The van der Waals surface area contributed by atoms with Crippen LogP contribution in [0.5, 0.6) is 0 Å². The average molecular weight is 453 g/mol. The monoisotopic (exact) mass is 452 g/mol. The molecule has 0 aliphatic rings. The molecule has 0 saturated heterocycles. The predicted molar refractivity (Wildman–Crippen MR) is 131 cm³/mol. The Morgan fingerprint density at radius 3 is 1.97 bits per heavy atom. The van der Waals surface area contributed by atoms with Crippen molar-refractivity contribution in [2.75, 3.05) is 0 Å². The topological polar surface area (TPSA) is 24.7 Å². The number of hydrogen-bond acceptors (Lipinski definition) is 2. The first-order chi connectivity index (χ1) is 14.7. The van der Waals surface area contributed by atoms with Crippen molar-refractivity contribution in [3.05, 3.63) is 71.8 Å². The standard InChI is InChI=1S/C28H30N2.Ni/c1-5-9-10-20-28(30-26-19-12-17-24(22-26)14-7-3)27(15-8-4)29-25-18-11-16-23(21-25)13-6-2;/h8,11-12,15-19,21-22H,5,9-10,20H2,1-4H3;/b15-8-,29-27+,30-28+;. The summed E-state index contributed by atoms with van der Waals surface area (Å²) in [5.74, 6) is 12.1. The molecule has 0 unspecified atom stereocenters. The molecule has 2 rings (SSSR count). The summed E-state index contributed by atoms with van der Waals surface area (Å²) in [5.41, 5.74) is 5.62. The molecule has 0 atom stereocenters.